The minimum atomic E-state index is -4.95. The van der Waals surface area contributed by atoms with E-state index in [-0.39, 0.29) is 25.7 Å². The van der Waals surface area contributed by atoms with Gasteiger partial charge in [0.15, 0.2) is 12.2 Å². The fourth-order valence-corrected chi connectivity index (χ4v) is 12.6. The van der Waals surface area contributed by atoms with E-state index < -0.39 is 97.5 Å². The lowest BCUT2D eigenvalue weighted by Gasteiger charge is -2.21. The van der Waals surface area contributed by atoms with Gasteiger partial charge in [0.2, 0.25) is 0 Å². The van der Waals surface area contributed by atoms with Gasteiger partial charge in [0, 0.05) is 25.7 Å². The summed E-state index contributed by atoms with van der Waals surface area (Å²) in [5.41, 5.74) is 0. The second-order valence-corrected chi connectivity index (χ2v) is 28.9. The number of hydrogen-bond donors (Lipinski definition) is 3. The molecule has 19 heteroatoms. The highest BCUT2D eigenvalue weighted by molar-refractivity contribution is 7.47. The van der Waals surface area contributed by atoms with Gasteiger partial charge in [0.25, 0.3) is 0 Å². The first-order chi connectivity index (χ1) is 44.2. The minimum Gasteiger partial charge on any atom is -0.462 e. The van der Waals surface area contributed by atoms with E-state index in [0.29, 0.717) is 25.7 Å². The quantitative estimate of drug-likeness (QED) is 0.0222. The molecule has 0 aromatic carbocycles. The molecule has 0 amide bonds. The largest absolute Gasteiger partial charge is 0.472 e. The van der Waals surface area contributed by atoms with Gasteiger partial charge in [-0.3, -0.25) is 37.3 Å². The minimum absolute atomic E-state index is 0.106. The summed E-state index contributed by atoms with van der Waals surface area (Å²) in [6.45, 7) is 4.93. The molecule has 17 nitrogen and oxygen atoms in total. The number of unbranched alkanes of at least 4 members (excludes halogenated alkanes) is 47. The van der Waals surface area contributed by atoms with Crippen LogP contribution < -0.4 is 0 Å². The molecule has 0 fully saturated rings. The number of aliphatic hydroxyl groups excluding tert-OH is 1. The van der Waals surface area contributed by atoms with Crippen LogP contribution in [-0.4, -0.2) is 96.7 Å². The second-order valence-electron chi connectivity index (χ2n) is 26.0. The maximum atomic E-state index is 13.0. The van der Waals surface area contributed by atoms with E-state index >= 15 is 0 Å². The van der Waals surface area contributed by atoms with Crippen LogP contribution >= 0.6 is 15.6 Å². The third-order valence-electron chi connectivity index (χ3n) is 16.9. The first kappa shape index (κ1) is 89.1. The van der Waals surface area contributed by atoms with Crippen LogP contribution in [0.1, 0.15) is 381 Å². The molecule has 0 aromatic rings. The van der Waals surface area contributed by atoms with Crippen LogP contribution in [0.4, 0.5) is 0 Å². The molecule has 0 heterocycles. The maximum absolute atomic E-state index is 13.0. The highest BCUT2D eigenvalue weighted by atomic mass is 31.2. The van der Waals surface area contributed by atoms with Gasteiger partial charge in [0.1, 0.15) is 19.3 Å². The topological polar surface area (TPSA) is 237 Å². The first-order valence-electron chi connectivity index (χ1n) is 37.8. The van der Waals surface area contributed by atoms with Gasteiger partial charge in [-0.05, 0) is 25.7 Å². The van der Waals surface area contributed by atoms with E-state index in [1.54, 1.807) is 0 Å². The average molecular weight is 1340 g/mol. The smallest absolute Gasteiger partial charge is 0.462 e. The number of carbonyl (C=O) groups excluding carboxylic acids is 4. The van der Waals surface area contributed by atoms with Crippen molar-refractivity contribution in [2.24, 2.45) is 0 Å². The van der Waals surface area contributed by atoms with Crippen LogP contribution in [0, 0.1) is 0 Å². The lowest BCUT2D eigenvalue weighted by Crippen LogP contribution is -2.30. The van der Waals surface area contributed by atoms with Crippen molar-refractivity contribution in [2.75, 3.05) is 39.6 Å². The van der Waals surface area contributed by atoms with E-state index in [9.17, 15) is 43.2 Å². The van der Waals surface area contributed by atoms with Gasteiger partial charge < -0.3 is 33.8 Å². The number of carbonyl (C=O) groups is 4. The number of aliphatic hydroxyl groups is 1. The van der Waals surface area contributed by atoms with E-state index in [0.717, 1.165) is 89.9 Å². The molecule has 0 bridgehead atoms. The Labute approximate surface area is 556 Å². The summed E-state index contributed by atoms with van der Waals surface area (Å²) in [7, 11) is -9.90. The van der Waals surface area contributed by atoms with Crippen molar-refractivity contribution in [3.63, 3.8) is 0 Å². The predicted molar refractivity (Wildman–Crippen MR) is 368 cm³/mol. The van der Waals surface area contributed by atoms with Crippen molar-refractivity contribution < 1.29 is 80.2 Å². The zero-order valence-corrected chi connectivity index (χ0v) is 60.6. The summed E-state index contributed by atoms with van der Waals surface area (Å²) < 4.78 is 68.3. The Morgan fingerprint density at radius 3 is 0.648 bits per heavy atom. The SMILES string of the molecule is CCCCCCCCCCCCCCCCCCCC(=O)O[C@H](COC(=O)CCCCCCCCCCCCCCCCCC)COP(=O)(O)OC[C@@H](O)COP(=O)(O)OC[C@@H](COC(=O)CCCCCCCCCCC)OC(=O)CCCCCCCCCCC. The van der Waals surface area contributed by atoms with Crippen molar-refractivity contribution in [3.8, 4) is 0 Å². The lowest BCUT2D eigenvalue weighted by molar-refractivity contribution is -0.161. The Balaban J connectivity index is 5.20. The summed E-state index contributed by atoms with van der Waals surface area (Å²) in [5, 5.41) is 10.6. The van der Waals surface area contributed by atoms with Crippen LogP contribution in [0.2, 0.25) is 0 Å². The third-order valence-corrected chi connectivity index (χ3v) is 18.8. The zero-order valence-electron chi connectivity index (χ0n) is 58.8. The Morgan fingerprint density at radius 1 is 0.264 bits per heavy atom. The fourth-order valence-electron chi connectivity index (χ4n) is 11.0. The molecular formula is C72H140O17P2. The summed E-state index contributed by atoms with van der Waals surface area (Å²) in [5.74, 6) is -2.12. The van der Waals surface area contributed by atoms with Gasteiger partial charge in [-0.1, -0.05) is 329 Å². The number of rotatable bonds is 73. The Morgan fingerprint density at radius 2 is 0.440 bits per heavy atom. The molecule has 540 valence electrons. The summed E-state index contributed by atoms with van der Waals surface area (Å²) in [6.07, 6.45) is 55.5. The molecule has 0 aromatic heterocycles. The predicted octanol–water partition coefficient (Wildman–Crippen LogP) is 21.1. The number of phosphoric acid groups is 2. The Hall–Kier alpha value is -1.94. The Kier molecular flexibility index (Phi) is 65.2. The van der Waals surface area contributed by atoms with E-state index in [4.69, 9.17) is 37.0 Å². The highest BCUT2D eigenvalue weighted by Gasteiger charge is 2.30. The first-order valence-corrected chi connectivity index (χ1v) is 40.8. The molecule has 3 N–H and O–H groups in total. The molecule has 0 rings (SSSR count). The summed E-state index contributed by atoms with van der Waals surface area (Å²) >= 11 is 0. The standard InChI is InChI=1S/C72H140O17P2/c1-5-9-13-17-21-25-27-29-31-33-35-37-39-43-47-51-55-59-72(77)89-68(63-83-70(75)57-53-49-45-42-38-36-34-32-30-28-26-22-18-14-10-6-2)65-87-91(80,81)85-61-66(73)60-84-90(78,79)86-64-67(88-71(76)58-54-50-46-41-24-20-16-12-8-4)62-82-69(74)56-52-48-44-40-23-19-15-11-7-3/h66-68,73H,5-65H2,1-4H3,(H,78,79)(H,80,81)/t66-,67+,68+/m0/s1. The van der Waals surface area contributed by atoms with Gasteiger partial charge in [-0.15, -0.1) is 0 Å². The van der Waals surface area contributed by atoms with Crippen molar-refractivity contribution >= 4 is 39.5 Å². The normalized spacial score (nSPS) is 14.0. The van der Waals surface area contributed by atoms with Crippen molar-refractivity contribution in [3.05, 3.63) is 0 Å². The van der Waals surface area contributed by atoms with Crippen LogP contribution in [0.5, 0.6) is 0 Å². The van der Waals surface area contributed by atoms with Gasteiger partial charge in [0.05, 0.1) is 26.4 Å². The molecule has 0 aliphatic carbocycles. The van der Waals surface area contributed by atoms with Gasteiger partial charge in [-0.2, -0.15) is 0 Å². The molecule has 0 spiro atoms. The van der Waals surface area contributed by atoms with E-state index in [1.807, 2.05) is 0 Å². The lowest BCUT2D eigenvalue weighted by atomic mass is 10.0. The van der Waals surface area contributed by atoms with Crippen molar-refractivity contribution in [2.45, 2.75) is 399 Å². The summed E-state index contributed by atoms with van der Waals surface area (Å²) in [4.78, 5) is 72.5. The molecule has 2 unspecified atom stereocenters. The van der Waals surface area contributed by atoms with E-state index in [2.05, 4.69) is 27.7 Å². The molecule has 0 radical (unpaired) electrons. The molecule has 0 aliphatic heterocycles. The molecule has 0 saturated carbocycles. The molecule has 0 saturated heterocycles. The molecular weight excluding hydrogens is 1200 g/mol. The summed E-state index contributed by atoms with van der Waals surface area (Å²) in [6, 6.07) is 0. The average Bonchev–Trinajstić information content (AvgIpc) is 3.74. The van der Waals surface area contributed by atoms with Crippen LogP contribution in [-0.2, 0) is 65.4 Å². The molecule has 5 atom stereocenters. The zero-order chi connectivity index (χ0) is 66.8. The monoisotopic (exact) mass is 1340 g/mol. The third kappa shape index (κ3) is 66.5. The van der Waals surface area contributed by atoms with Crippen molar-refractivity contribution in [1.82, 2.24) is 0 Å². The number of phosphoric ester groups is 2. The van der Waals surface area contributed by atoms with Crippen molar-refractivity contribution in [1.29, 1.82) is 0 Å². The van der Waals surface area contributed by atoms with Gasteiger partial charge >= 0.3 is 39.5 Å². The van der Waals surface area contributed by atoms with Gasteiger partial charge in [-0.25, -0.2) is 9.13 Å². The number of hydrogen-bond acceptors (Lipinski definition) is 15. The second kappa shape index (κ2) is 66.7. The highest BCUT2D eigenvalue weighted by Crippen LogP contribution is 2.45. The number of esters is 4. The molecule has 0 aliphatic rings. The maximum Gasteiger partial charge on any atom is 0.472 e. The van der Waals surface area contributed by atoms with Crippen LogP contribution in [0.25, 0.3) is 0 Å². The van der Waals surface area contributed by atoms with E-state index in [1.165, 1.54) is 212 Å². The number of ether oxygens (including phenoxy) is 4. The van der Waals surface area contributed by atoms with Crippen LogP contribution in [0.15, 0.2) is 0 Å². The Bertz CT molecular complexity index is 1740. The fraction of sp³-hybridized carbons (Fsp3) is 0.944. The molecule has 91 heavy (non-hydrogen) atoms. The van der Waals surface area contributed by atoms with Crippen LogP contribution in [0.3, 0.4) is 0 Å².